The van der Waals surface area contributed by atoms with E-state index in [9.17, 15) is 9.50 Å². The van der Waals surface area contributed by atoms with Crippen LogP contribution < -0.4 is 4.74 Å². The lowest BCUT2D eigenvalue weighted by Crippen LogP contribution is -2.05. The van der Waals surface area contributed by atoms with Crippen LogP contribution in [-0.2, 0) is 0 Å². The number of ether oxygens (including phenoxy) is 1. The Bertz CT molecular complexity index is 599. The first-order valence-electron chi connectivity index (χ1n) is 5.80. The van der Waals surface area contributed by atoms with Gasteiger partial charge in [-0.2, -0.15) is 0 Å². The number of halogens is 2. The van der Waals surface area contributed by atoms with Gasteiger partial charge in [0.25, 0.3) is 0 Å². The van der Waals surface area contributed by atoms with E-state index in [2.05, 4.69) is 15.9 Å². The molecule has 0 amide bonds. The smallest absolute Gasteiger partial charge is 0.125 e. The molecular weight excluding hydrogens is 311 g/mol. The molecule has 2 rings (SSSR count). The maximum atomic E-state index is 13.3. The van der Waals surface area contributed by atoms with E-state index in [1.165, 1.54) is 19.2 Å². The predicted octanol–water partition coefficient (Wildman–Crippen LogP) is 3.99. The summed E-state index contributed by atoms with van der Waals surface area (Å²) in [6, 6.07) is 9.74. The second-order valence-corrected chi connectivity index (χ2v) is 5.21. The molecule has 19 heavy (non-hydrogen) atoms. The van der Waals surface area contributed by atoms with Crippen LogP contribution in [0.2, 0.25) is 0 Å². The third-order valence-electron chi connectivity index (χ3n) is 3.02. The molecule has 2 nitrogen and oxygen atoms in total. The molecule has 4 heteroatoms. The van der Waals surface area contributed by atoms with Crippen LogP contribution in [0.15, 0.2) is 40.9 Å². The van der Waals surface area contributed by atoms with Crippen LogP contribution in [0.4, 0.5) is 4.39 Å². The van der Waals surface area contributed by atoms with Gasteiger partial charge in [-0.05, 0) is 48.4 Å². The van der Waals surface area contributed by atoms with Crippen LogP contribution in [0.25, 0.3) is 0 Å². The average molecular weight is 325 g/mol. The van der Waals surface area contributed by atoms with Crippen molar-refractivity contribution in [1.29, 1.82) is 0 Å². The third-order valence-corrected chi connectivity index (χ3v) is 3.52. The zero-order chi connectivity index (χ0) is 14.0. The summed E-state index contributed by atoms with van der Waals surface area (Å²) in [5.41, 5.74) is 1.97. The van der Waals surface area contributed by atoms with Crippen molar-refractivity contribution in [3.8, 4) is 5.75 Å². The van der Waals surface area contributed by atoms with Crippen LogP contribution in [0, 0.1) is 12.7 Å². The van der Waals surface area contributed by atoms with Crippen molar-refractivity contribution in [2.45, 2.75) is 13.0 Å². The number of benzene rings is 2. The number of rotatable bonds is 3. The molecule has 0 saturated heterocycles. The Morgan fingerprint density at radius 1 is 1.16 bits per heavy atom. The molecule has 1 atom stereocenters. The van der Waals surface area contributed by atoms with Crippen molar-refractivity contribution >= 4 is 15.9 Å². The summed E-state index contributed by atoms with van der Waals surface area (Å²) in [5, 5.41) is 10.5. The van der Waals surface area contributed by atoms with Crippen LogP contribution in [0.1, 0.15) is 22.8 Å². The van der Waals surface area contributed by atoms with Crippen molar-refractivity contribution < 1.29 is 14.2 Å². The van der Waals surface area contributed by atoms with E-state index in [1.807, 2.05) is 13.0 Å². The lowest BCUT2D eigenvalue weighted by Gasteiger charge is -2.17. The van der Waals surface area contributed by atoms with Crippen LogP contribution >= 0.6 is 15.9 Å². The van der Waals surface area contributed by atoms with E-state index >= 15 is 0 Å². The van der Waals surface area contributed by atoms with Crippen molar-refractivity contribution in [2.24, 2.45) is 0 Å². The molecule has 1 N–H and O–H groups in total. The molecule has 0 aliphatic heterocycles. The molecule has 0 saturated carbocycles. The molecule has 100 valence electrons. The Morgan fingerprint density at radius 2 is 1.89 bits per heavy atom. The second-order valence-electron chi connectivity index (χ2n) is 4.29. The zero-order valence-electron chi connectivity index (χ0n) is 10.7. The van der Waals surface area contributed by atoms with Gasteiger partial charge < -0.3 is 9.84 Å². The van der Waals surface area contributed by atoms with Gasteiger partial charge >= 0.3 is 0 Å². The third kappa shape index (κ3) is 2.96. The highest BCUT2D eigenvalue weighted by Crippen LogP contribution is 2.33. The molecule has 0 spiro atoms. The average Bonchev–Trinajstić information content (AvgIpc) is 2.40. The number of methoxy groups -OCH3 is 1. The fourth-order valence-corrected chi connectivity index (χ4v) is 2.37. The summed E-state index contributed by atoms with van der Waals surface area (Å²) < 4.78 is 19.4. The van der Waals surface area contributed by atoms with Crippen LogP contribution in [0.3, 0.4) is 0 Å². The van der Waals surface area contributed by atoms with Crippen LogP contribution in [0.5, 0.6) is 5.75 Å². The Kier molecular flexibility index (Phi) is 4.22. The Balaban J connectivity index is 2.51. The highest BCUT2D eigenvalue weighted by atomic mass is 79.9. The Morgan fingerprint density at radius 3 is 2.58 bits per heavy atom. The van der Waals surface area contributed by atoms with Crippen LogP contribution in [-0.4, -0.2) is 12.2 Å². The van der Waals surface area contributed by atoms with Gasteiger partial charge in [-0.1, -0.05) is 22.0 Å². The maximum absolute atomic E-state index is 13.3. The van der Waals surface area contributed by atoms with Crippen molar-refractivity contribution in [3.63, 3.8) is 0 Å². The minimum absolute atomic E-state index is 0.367. The van der Waals surface area contributed by atoms with Gasteiger partial charge in [-0.3, -0.25) is 0 Å². The molecule has 0 aliphatic carbocycles. The first kappa shape index (κ1) is 14.0. The Hall–Kier alpha value is -1.39. The fraction of sp³-hybridized carbons (Fsp3) is 0.200. The molecule has 0 aromatic heterocycles. The number of aliphatic hydroxyl groups is 1. The monoisotopic (exact) mass is 324 g/mol. The molecule has 1 unspecified atom stereocenters. The molecule has 0 aliphatic rings. The van der Waals surface area contributed by atoms with E-state index in [-0.39, 0.29) is 5.82 Å². The highest BCUT2D eigenvalue weighted by Gasteiger charge is 2.18. The number of hydrogen-bond acceptors (Lipinski definition) is 2. The summed E-state index contributed by atoms with van der Waals surface area (Å²) in [6.45, 7) is 1.84. The van der Waals surface area contributed by atoms with E-state index < -0.39 is 6.10 Å². The molecule has 0 bridgehead atoms. The van der Waals surface area contributed by atoms with Crippen molar-refractivity contribution in [2.75, 3.05) is 7.11 Å². The number of hydrogen-bond donors (Lipinski definition) is 1. The molecule has 2 aromatic rings. The SMILES string of the molecule is COc1ccc(Br)cc1C(O)c1cc(F)ccc1C. The van der Waals surface area contributed by atoms with Gasteiger partial charge in [-0.25, -0.2) is 4.39 Å². The minimum atomic E-state index is -0.928. The van der Waals surface area contributed by atoms with Gasteiger partial charge in [0, 0.05) is 10.0 Å². The van der Waals surface area contributed by atoms with Crippen molar-refractivity contribution in [3.05, 3.63) is 63.4 Å². The normalized spacial score (nSPS) is 12.3. The summed E-state index contributed by atoms with van der Waals surface area (Å²) in [5.74, 6) is 0.202. The molecule has 0 heterocycles. The molecule has 0 radical (unpaired) electrons. The highest BCUT2D eigenvalue weighted by molar-refractivity contribution is 9.10. The maximum Gasteiger partial charge on any atom is 0.125 e. The van der Waals surface area contributed by atoms with E-state index in [0.29, 0.717) is 16.9 Å². The number of aryl methyl sites for hydroxylation is 1. The summed E-state index contributed by atoms with van der Waals surface area (Å²) in [4.78, 5) is 0. The van der Waals surface area contributed by atoms with E-state index in [0.717, 1.165) is 10.0 Å². The topological polar surface area (TPSA) is 29.5 Å². The minimum Gasteiger partial charge on any atom is -0.496 e. The van der Waals surface area contributed by atoms with Gasteiger partial charge in [0.05, 0.1) is 7.11 Å². The first-order chi connectivity index (χ1) is 9.02. The fourth-order valence-electron chi connectivity index (χ4n) is 1.99. The Labute approximate surface area is 120 Å². The zero-order valence-corrected chi connectivity index (χ0v) is 12.2. The lowest BCUT2D eigenvalue weighted by molar-refractivity contribution is 0.213. The second kappa shape index (κ2) is 5.72. The summed E-state index contributed by atoms with van der Waals surface area (Å²) in [6.07, 6.45) is -0.928. The molecular formula is C15H14BrFO2. The van der Waals surface area contributed by atoms with Gasteiger partial charge in [0.1, 0.15) is 17.7 Å². The predicted molar refractivity (Wildman–Crippen MR) is 75.9 cm³/mol. The largest absolute Gasteiger partial charge is 0.496 e. The van der Waals surface area contributed by atoms with E-state index in [1.54, 1.807) is 18.2 Å². The summed E-state index contributed by atoms with van der Waals surface area (Å²) >= 11 is 3.36. The van der Waals surface area contributed by atoms with Gasteiger partial charge in [-0.15, -0.1) is 0 Å². The summed E-state index contributed by atoms with van der Waals surface area (Å²) in [7, 11) is 1.54. The first-order valence-corrected chi connectivity index (χ1v) is 6.59. The molecule has 0 fully saturated rings. The quantitative estimate of drug-likeness (QED) is 0.925. The number of aliphatic hydroxyl groups excluding tert-OH is 1. The van der Waals surface area contributed by atoms with Gasteiger partial charge in [0.15, 0.2) is 0 Å². The van der Waals surface area contributed by atoms with Crippen molar-refractivity contribution in [1.82, 2.24) is 0 Å². The standard InChI is InChI=1S/C15H14BrFO2/c1-9-3-5-11(17)8-12(9)15(18)13-7-10(16)4-6-14(13)19-2/h3-8,15,18H,1-2H3. The molecule has 2 aromatic carbocycles. The van der Waals surface area contributed by atoms with Gasteiger partial charge in [0.2, 0.25) is 0 Å². The lowest BCUT2D eigenvalue weighted by atomic mass is 9.97. The van der Waals surface area contributed by atoms with E-state index in [4.69, 9.17) is 4.74 Å².